The number of benzene rings is 1. The summed E-state index contributed by atoms with van der Waals surface area (Å²) in [4.78, 5) is 71.9. The maximum Gasteiger partial charge on any atom is 0.264 e. The molecule has 1 saturated heterocycles. The van der Waals surface area contributed by atoms with Crippen molar-refractivity contribution in [3.8, 4) is 0 Å². The molecule has 1 atom stereocenters. The Labute approximate surface area is 190 Å². The molecule has 0 saturated carbocycles. The van der Waals surface area contributed by atoms with Gasteiger partial charge in [-0.05, 0) is 37.5 Å². The van der Waals surface area contributed by atoms with Gasteiger partial charge in [0.2, 0.25) is 17.7 Å². The summed E-state index contributed by atoms with van der Waals surface area (Å²) >= 11 is 0. The second kappa shape index (κ2) is 11.2. The van der Waals surface area contributed by atoms with Gasteiger partial charge < -0.3 is 10.6 Å². The molecule has 10 nitrogen and oxygen atoms in total. The number of nitrogens with one attached hydrogen (secondary N) is 3. The van der Waals surface area contributed by atoms with Crippen LogP contribution in [-0.2, 0) is 19.2 Å². The third kappa shape index (κ3) is 5.71. The molecule has 3 N–H and O–H groups in total. The van der Waals surface area contributed by atoms with Gasteiger partial charge in [0.1, 0.15) is 12.3 Å². The Bertz CT molecular complexity index is 1000. The Hall–Kier alpha value is -3.82. The van der Waals surface area contributed by atoms with Crippen LogP contribution in [0.5, 0.6) is 0 Å². The maximum absolute atomic E-state index is 13.0. The van der Waals surface area contributed by atoms with E-state index in [9.17, 15) is 28.8 Å². The van der Waals surface area contributed by atoms with Crippen molar-refractivity contribution >= 4 is 41.5 Å². The number of piperidine rings is 1. The number of amides is 5. The van der Waals surface area contributed by atoms with E-state index in [1.54, 1.807) is 18.2 Å². The van der Waals surface area contributed by atoms with Crippen LogP contribution in [0.4, 0.5) is 5.69 Å². The summed E-state index contributed by atoms with van der Waals surface area (Å²) in [6, 6.07) is 3.98. The fourth-order valence-corrected chi connectivity index (χ4v) is 3.89. The monoisotopic (exact) mass is 454 g/mol. The van der Waals surface area contributed by atoms with E-state index < -0.39 is 29.7 Å². The molecule has 0 radical (unpaired) electrons. The highest BCUT2D eigenvalue weighted by atomic mass is 16.2. The van der Waals surface area contributed by atoms with E-state index in [4.69, 9.17) is 0 Å². The quantitative estimate of drug-likeness (QED) is 0.195. The molecular weight excluding hydrogens is 428 g/mol. The minimum atomic E-state index is -0.989. The van der Waals surface area contributed by atoms with Crippen LogP contribution in [0.25, 0.3) is 0 Å². The Morgan fingerprint density at radius 3 is 2.55 bits per heavy atom. The summed E-state index contributed by atoms with van der Waals surface area (Å²) in [7, 11) is 0. The summed E-state index contributed by atoms with van der Waals surface area (Å²) < 4.78 is 0. The maximum atomic E-state index is 13.0. The normalized spacial score (nSPS) is 17.8. The lowest BCUT2D eigenvalue weighted by molar-refractivity contribution is -0.136. The van der Waals surface area contributed by atoms with Gasteiger partial charge in [-0.2, -0.15) is 0 Å². The highest BCUT2D eigenvalue weighted by molar-refractivity contribution is 6.25. The second-order valence-corrected chi connectivity index (χ2v) is 7.80. The third-order valence-corrected chi connectivity index (χ3v) is 5.51. The first-order valence-corrected chi connectivity index (χ1v) is 10.9. The Morgan fingerprint density at radius 1 is 1.06 bits per heavy atom. The number of carbonyl (C=O) groups is 6. The summed E-state index contributed by atoms with van der Waals surface area (Å²) in [6.45, 7) is 1.11. The number of unbranched alkanes of at least 4 members (excludes halogenated alkanes) is 3. The molecule has 0 spiro atoms. The van der Waals surface area contributed by atoms with Crippen LogP contribution in [0.2, 0.25) is 0 Å². The van der Waals surface area contributed by atoms with Gasteiger partial charge >= 0.3 is 0 Å². The van der Waals surface area contributed by atoms with E-state index in [-0.39, 0.29) is 29.9 Å². The average molecular weight is 454 g/mol. The molecule has 1 aromatic carbocycles. The molecule has 1 aromatic rings. The number of anilines is 1. The van der Waals surface area contributed by atoms with Crippen LogP contribution < -0.4 is 16.0 Å². The van der Waals surface area contributed by atoms with Gasteiger partial charge in [-0.1, -0.05) is 18.9 Å². The number of allylic oxidation sites excluding steroid dienone is 1. The number of nitrogens with zero attached hydrogens (tertiary/aromatic N) is 1. The molecular formula is C23H26N4O6. The van der Waals surface area contributed by atoms with Crippen LogP contribution in [0.3, 0.4) is 0 Å². The van der Waals surface area contributed by atoms with Crippen LogP contribution in [0.15, 0.2) is 30.4 Å². The van der Waals surface area contributed by atoms with Crippen molar-refractivity contribution in [2.45, 2.75) is 44.6 Å². The first-order valence-electron chi connectivity index (χ1n) is 10.9. The molecule has 10 heteroatoms. The number of rotatable bonds is 11. The Kier molecular flexibility index (Phi) is 8.06. The van der Waals surface area contributed by atoms with Gasteiger partial charge in [0.15, 0.2) is 0 Å². The Morgan fingerprint density at radius 2 is 1.82 bits per heavy atom. The van der Waals surface area contributed by atoms with E-state index in [1.165, 1.54) is 6.08 Å². The van der Waals surface area contributed by atoms with Crippen LogP contribution in [0, 0.1) is 0 Å². The summed E-state index contributed by atoms with van der Waals surface area (Å²) in [6.07, 6.45) is 6.49. The van der Waals surface area contributed by atoms with Crippen LogP contribution in [-0.4, -0.2) is 59.9 Å². The number of imide groups is 2. The number of hydrogen-bond acceptors (Lipinski definition) is 7. The molecule has 3 rings (SSSR count). The number of aldehydes is 1. The molecule has 0 aliphatic carbocycles. The van der Waals surface area contributed by atoms with Gasteiger partial charge in [0, 0.05) is 31.3 Å². The van der Waals surface area contributed by atoms with Crippen molar-refractivity contribution < 1.29 is 28.8 Å². The van der Waals surface area contributed by atoms with E-state index >= 15 is 0 Å². The van der Waals surface area contributed by atoms with Gasteiger partial charge in [-0.3, -0.25) is 39.0 Å². The van der Waals surface area contributed by atoms with Crippen LogP contribution >= 0.6 is 0 Å². The zero-order valence-electron chi connectivity index (χ0n) is 18.1. The molecule has 2 aliphatic rings. The molecule has 1 unspecified atom stereocenters. The predicted molar refractivity (Wildman–Crippen MR) is 118 cm³/mol. The van der Waals surface area contributed by atoms with Crippen molar-refractivity contribution in [1.29, 1.82) is 0 Å². The van der Waals surface area contributed by atoms with Crippen molar-refractivity contribution in [2.24, 2.45) is 0 Å². The number of carbonyl (C=O) groups excluding carboxylic acids is 6. The molecule has 0 aromatic heterocycles. The Balaban J connectivity index is 1.48. The molecule has 2 heterocycles. The summed E-state index contributed by atoms with van der Waals surface area (Å²) in [5.74, 6) is -2.41. The standard InChI is InChI=1S/C23H26N4O6/c28-14-6-9-18(29)25-13-4-2-1-3-12-24-16-8-5-7-15-20(16)23(33)27(22(15)32)17-10-11-19(30)26-21(17)31/h5-9,14,17,24H,1-4,10-13H2,(H,25,29)(H,26,30,31)/b9-6+. The van der Waals surface area contributed by atoms with E-state index in [0.717, 1.165) is 36.7 Å². The van der Waals surface area contributed by atoms with Gasteiger partial charge in [-0.25, -0.2) is 0 Å². The van der Waals surface area contributed by atoms with Gasteiger partial charge in [0.25, 0.3) is 11.8 Å². The smallest absolute Gasteiger partial charge is 0.264 e. The first kappa shape index (κ1) is 23.8. The molecule has 5 amide bonds. The summed E-state index contributed by atoms with van der Waals surface area (Å²) in [5, 5.41) is 8.08. The van der Waals surface area contributed by atoms with Crippen LogP contribution in [0.1, 0.15) is 59.2 Å². The van der Waals surface area contributed by atoms with E-state index in [1.807, 2.05) is 0 Å². The van der Waals surface area contributed by atoms with Gasteiger partial charge in [0.05, 0.1) is 11.1 Å². The number of fused-ring (bicyclic) bond motifs is 1. The molecule has 33 heavy (non-hydrogen) atoms. The molecule has 1 fully saturated rings. The lowest BCUT2D eigenvalue weighted by Crippen LogP contribution is -2.54. The zero-order valence-corrected chi connectivity index (χ0v) is 18.1. The molecule has 0 bridgehead atoms. The van der Waals surface area contributed by atoms with Crippen molar-refractivity contribution in [3.05, 3.63) is 41.5 Å². The van der Waals surface area contributed by atoms with E-state index in [2.05, 4.69) is 16.0 Å². The number of hydrogen-bond donors (Lipinski definition) is 3. The fourth-order valence-electron chi connectivity index (χ4n) is 3.89. The van der Waals surface area contributed by atoms with Crippen molar-refractivity contribution in [3.63, 3.8) is 0 Å². The lowest BCUT2D eigenvalue weighted by Gasteiger charge is -2.27. The van der Waals surface area contributed by atoms with E-state index in [0.29, 0.717) is 25.1 Å². The SMILES string of the molecule is O=C/C=C/C(=O)NCCCCCCNc1cccc2c1C(=O)N(C1CCC(=O)NC1=O)C2=O. The third-order valence-electron chi connectivity index (χ3n) is 5.51. The zero-order chi connectivity index (χ0) is 23.8. The highest BCUT2D eigenvalue weighted by Gasteiger charge is 2.45. The average Bonchev–Trinajstić information content (AvgIpc) is 3.05. The van der Waals surface area contributed by atoms with Gasteiger partial charge in [-0.15, -0.1) is 0 Å². The largest absolute Gasteiger partial charge is 0.384 e. The highest BCUT2D eigenvalue weighted by Crippen LogP contribution is 2.32. The lowest BCUT2D eigenvalue weighted by atomic mass is 10.0. The van der Waals surface area contributed by atoms with Crippen molar-refractivity contribution in [2.75, 3.05) is 18.4 Å². The molecule has 174 valence electrons. The minimum Gasteiger partial charge on any atom is -0.384 e. The fraction of sp³-hybridized carbons (Fsp3) is 0.391. The topological polar surface area (TPSA) is 142 Å². The second-order valence-electron chi connectivity index (χ2n) is 7.80. The minimum absolute atomic E-state index is 0.0774. The van der Waals surface area contributed by atoms with Crippen molar-refractivity contribution in [1.82, 2.24) is 15.5 Å². The predicted octanol–water partition coefficient (Wildman–Crippen LogP) is 0.931. The molecule has 2 aliphatic heterocycles. The summed E-state index contributed by atoms with van der Waals surface area (Å²) in [5.41, 5.74) is 1.03. The first-order chi connectivity index (χ1) is 15.9.